The third-order valence-corrected chi connectivity index (χ3v) is 6.87. The molecule has 3 aromatic heterocycles. The van der Waals surface area contributed by atoms with Crippen LogP contribution in [0.1, 0.15) is 36.6 Å². The standard InChI is InChI=1S/C26H24ClF3N6O4.ClH/c27-20-4-1-5-21(32-20)36-23(26(28,29)30)18(12-31-36)25-33-24(34-40-25)17-8-6-16(7-9-17)19(37)14-35-10-2-3-15(13-35)11-22(38)39;/h1,4-9,12,15,19,37H,2-3,10-11,13-14H2,(H,38,39);1H/t15-,19-;/m1./s1. The SMILES string of the molecule is Cl.O=C(O)C[C@H]1CCCN(C[C@@H](O)c2ccc(-c3noc(-c4cnn(-c5cccc(Cl)n5)c4C(F)(F)F)n3)cc2)C1. The van der Waals surface area contributed by atoms with Gasteiger partial charge in [0, 0.05) is 25.1 Å². The summed E-state index contributed by atoms with van der Waals surface area (Å²) in [6.45, 7) is 1.74. The molecule has 1 aromatic carbocycles. The number of carboxylic acid groups (broad SMARTS) is 1. The Morgan fingerprint density at radius 1 is 1.17 bits per heavy atom. The maximum Gasteiger partial charge on any atom is 0.434 e. The minimum absolute atomic E-state index is 0. The lowest BCUT2D eigenvalue weighted by molar-refractivity contribution is -0.142. The number of β-amino-alcohol motifs (C(OH)–C–C–N with tert-alkyl or cyclic N) is 1. The Bertz CT molecular complexity index is 1500. The van der Waals surface area contributed by atoms with Crippen molar-refractivity contribution < 1.29 is 32.7 Å². The van der Waals surface area contributed by atoms with E-state index in [1.165, 1.54) is 18.2 Å². The fourth-order valence-electron chi connectivity index (χ4n) is 4.85. The molecule has 2 atom stereocenters. The van der Waals surface area contributed by atoms with Gasteiger partial charge in [-0.15, -0.1) is 12.4 Å². The van der Waals surface area contributed by atoms with Crippen molar-refractivity contribution in [3.8, 4) is 28.7 Å². The molecule has 4 heterocycles. The maximum absolute atomic E-state index is 14.0. The number of benzene rings is 1. The van der Waals surface area contributed by atoms with Crippen LogP contribution in [-0.4, -0.2) is 65.6 Å². The Morgan fingerprint density at radius 2 is 1.93 bits per heavy atom. The summed E-state index contributed by atoms with van der Waals surface area (Å²) in [7, 11) is 0. The van der Waals surface area contributed by atoms with Gasteiger partial charge in [-0.25, -0.2) is 9.67 Å². The van der Waals surface area contributed by atoms with Crippen LogP contribution in [0.3, 0.4) is 0 Å². The van der Waals surface area contributed by atoms with E-state index in [-0.39, 0.29) is 47.4 Å². The van der Waals surface area contributed by atoms with E-state index in [2.05, 4.69) is 25.1 Å². The number of aliphatic hydroxyl groups is 1. The van der Waals surface area contributed by atoms with Crippen molar-refractivity contribution in [1.82, 2.24) is 29.8 Å². The molecule has 0 saturated carbocycles. The van der Waals surface area contributed by atoms with Crippen molar-refractivity contribution in [2.75, 3.05) is 19.6 Å². The fraction of sp³-hybridized carbons (Fsp3) is 0.346. The van der Waals surface area contributed by atoms with Crippen molar-refractivity contribution in [3.63, 3.8) is 0 Å². The normalized spacial score (nSPS) is 16.8. The Kier molecular flexibility index (Phi) is 9.32. The lowest BCUT2D eigenvalue weighted by Gasteiger charge is -2.33. The lowest BCUT2D eigenvalue weighted by Crippen LogP contribution is -2.38. The van der Waals surface area contributed by atoms with E-state index in [1.807, 2.05) is 0 Å². The molecule has 0 amide bonds. The van der Waals surface area contributed by atoms with Crippen molar-refractivity contribution in [2.24, 2.45) is 5.92 Å². The molecule has 0 aliphatic carbocycles. The van der Waals surface area contributed by atoms with E-state index in [4.69, 9.17) is 21.2 Å². The molecule has 5 rings (SSSR count). The fourth-order valence-corrected chi connectivity index (χ4v) is 5.01. The number of aliphatic carboxylic acids is 1. The molecule has 218 valence electrons. The molecule has 2 N–H and O–H groups in total. The highest BCUT2D eigenvalue weighted by Gasteiger charge is 2.41. The topological polar surface area (TPSA) is 130 Å². The van der Waals surface area contributed by atoms with Gasteiger partial charge in [0.15, 0.2) is 11.5 Å². The summed E-state index contributed by atoms with van der Waals surface area (Å²) in [6.07, 6.45) is -2.82. The van der Waals surface area contributed by atoms with Gasteiger partial charge in [0.05, 0.1) is 17.9 Å². The van der Waals surface area contributed by atoms with Gasteiger partial charge in [-0.1, -0.05) is 47.1 Å². The highest BCUT2D eigenvalue weighted by atomic mass is 35.5. The molecule has 10 nitrogen and oxygen atoms in total. The highest BCUT2D eigenvalue weighted by molar-refractivity contribution is 6.29. The van der Waals surface area contributed by atoms with E-state index in [9.17, 15) is 23.1 Å². The van der Waals surface area contributed by atoms with E-state index in [0.29, 0.717) is 28.9 Å². The smallest absolute Gasteiger partial charge is 0.434 e. The van der Waals surface area contributed by atoms with Gasteiger partial charge >= 0.3 is 12.1 Å². The molecular weight excluding hydrogens is 588 g/mol. The van der Waals surface area contributed by atoms with Gasteiger partial charge in [-0.05, 0) is 43.0 Å². The van der Waals surface area contributed by atoms with Crippen LogP contribution in [0.25, 0.3) is 28.7 Å². The summed E-state index contributed by atoms with van der Waals surface area (Å²) in [6, 6.07) is 10.9. The summed E-state index contributed by atoms with van der Waals surface area (Å²) in [4.78, 5) is 21.1. The molecule has 0 unspecified atom stereocenters. The van der Waals surface area contributed by atoms with Crippen LogP contribution in [0.15, 0.2) is 53.2 Å². The maximum atomic E-state index is 14.0. The van der Waals surface area contributed by atoms with Gasteiger partial charge in [-0.3, -0.25) is 4.79 Å². The molecule has 15 heteroatoms. The Balaban J connectivity index is 0.00000387. The van der Waals surface area contributed by atoms with Crippen molar-refractivity contribution in [2.45, 2.75) is 31.5 Å². The number of rotatable bonds is 8. The number of hydrogen-bond acceptors (Lipinski definition) is 8. The Labute approximate surface area is 243 Å². The number of carbonyl (C=O) groups is 1. The number of pyridine rings is 1. The molecule has 1 fully saturated rings. The number of aliphatic hydroxyl groups excluding tert-OH is 1. The number of piperidine rings is 1. The first-order valence-corrected chi connectivity index (χ1v) is 12.8. The van der Waals surface area contributed by atoms with Crippen molar-refractivity contribution >= 4 is 30.0 Å². The average molecular weight is 613 g/mol. The quantitative estimate of drug-likeness (QED) is 0.254. The first-order chi connectivity index (χ1) is 19.1. The van der Waals surface area contributed by atoms with Crippen LogP contribution < -0.4 is 0 Å². The van der Waals surface area contributed by atoms with Gasteiger partial charge in [-0.2, -0.15) is 23.3 Å². The number of carboxylic acids is 1. The number of likely N-dealkylation sites (tertiary alicyclic amines) is 1. The molecule has 1 aliphatic heterocycles. The molecule has 0 radical (unpaired) electrons. The second-order valence-electron chi connectivity index (χ2n) is 9.56. The van der Waals surface area contributed by atoms with Crippen molar-refractivity contribution in [1.29, 1.82) is 0 Å². The summed E-state index contributed by atoms with van der Waals surface area (Å²) >= 11 is 5.85. The third-order valence-electron chi connectivity index (χ3n) is 6.66. The van der Waals surface area contributed by atoms with Gasteiger partial charge in [0.25, 0.3) is 5.89 Å². The van der Waals surface area contributed by atoms with Crippen LogP contribution in [0.4, 0.5) is 13.2 Å². The molecule has 0 bridgehead atoms. The number of aromatic nitrogens is 5. The van der Waals surface area contributed by atoms with E-state index < -0.39 is 29.5 Å². The molecule has 1 saturated heterocycles. The zero-order valence-electron chi connectivity index (χ0n) is 21.3. The lowest BCUT2D eigenvalue weighted by atomic mass is 9.94. The number of halogens is 5. The molecule has 0 spiro atoms. The van der Waals surface area contributed by atoms with Crippen LogP contribution in [-0.2, 0) is 11.0 Å². The van der Waals surface area contributed by atoms with Crippen LogP contribution in [0.5, 0.6) is 0 Å². The number of alkyl halides is 3. The largest absolute Gasteiger partial charge is 0.481 e. The van der Waals surface area contributed by atoms with Gasteiger partial charge in [0.2, 0.25) is 5.82 Å². The van der Waals surface area contributed by atoms with E-state index >= 15 is 0 Å². The minimum Gasteiger partial charge on any atom is -0.481 e. The molecule has 41 heavy (non-hydrogen) atoms. The Hall–Kier alpha value is -3.52. The number of hydrogen-bond donors (Lipinski definition) is 2. The van der Waals surface area contributed by atoms with Gasteiger partial charge < -0.3 is 19.6 Å². The van der Waals surface area contributed by atoms with Crippen molar-refractivity contribution in [3.05, 3.63) is 65.1 Å². The summed E-state index contributed by atoms with van der Waals surface area (Å²) in [5.41, 5.74) is -0.451. The predicted octanol–water partition coefficient (Wildman–Crippen LogP) is 5.30. The second-order valence-corrected chi connectivity index (χ2v) is 9.95. The van der Waals surface area contributed by atoms with Crippen LogP contribution >= 0.6 is 24.0 Å². The first-order valence-electron chi connectivity index (χ1n) is 12.4. The van der Waals surface area contributed by atoms with Crippen LogP contribution in [0.2, 0.25) is 5.15 Å². The Morgan fingerprint density at radius 3 is 2.61 bits per heavy atom. The summed E-state index contributed by atoms with van der Waals surface area (Å²) in [5.74, 6) is -1.21. The zero-order chi connectivity index (χ0) is 28.4. The van der Waals surface area contributed by atoms with Gasteiger partial charge in [0.1, 0.15) is 5.15 Å². The molecular formula is C26H25Cl2F3N6O4. The van der Waals surface area contributed by atoms with Crippen LogP contribution in [0, 0.1) is 5.92 Å². The summed E-state index contributed by atoms with van der Waals surface area (Å²) < 4.78 is 47.9. The predicted molar refractivity (Wildman–Crippen MR) is 144 cm³/mol. The van der Waals surface area contributed by atoms with E-state index in [0.717, 1.165) is 25.6 Å². The first kappa shape index (κ1) is 30.4. The monoisotopic (exact) mass is 612 g/mol. The zero-order valence-corrected chi connectivity index (χ0v) is 22.9. The third kappa shape index (κ3) is 7.04. The highest BCUT2D eigenvalue weighted by Crippen LogP contribution is 2.38. The van der Waals surface area contributed by atoms with E-state index in [1.54, 1.807) is 24.3 Å². The minimum atomic E-state index is -4.82. The second kappa shape index (κ2) is 12.6. The average Bonchev–Trinajstić information content (AvgIpc) is 3.56. The number of nitrogens with zero attached hydrogens (tertiary/aromatic N) is 6. The summed E-state index contributed by atoms with van der Waals surface area (Å²) in [5, 5.41) is 27.5. The molecule has 4 aromatic rings. The molecule has 1 aliphatic rings.